The van der Waals surface area contributed by atoms with Crippen LogP contribution in [0.3, 0.4) is 0 Å². The zero-order chi connectivity index (χ0) is 18.8. The minimum absolute atomic E-state index is 1.07. The fourth-order valence-corrected chi connectivity index (χ4v) is 4.33. The molecule has 0 atom stereocenters. The predicted octanol–water partition coefficient (Wildman–Crippen LogP) is 6.90. The molecule has 0 spiro atoms. The summed E-state index contributed by atoms with van der Waals surface area (Å²) in [4.78, 5) is 0. The molecule has 4 aliphatic carbocycles. The monoisotopic (exact) mass is 360 g/mol. The van der Waals surface area contributed by atoms with E-state index in [1.807, 2.05) is 0 Å². The van der Waals surface area contributed by atoms with Crippen LogP contribution in [0.25, 0.3) is 22.3 Å². The lowest BCUT2D eigenvalue weighted by Crippen LogP contribution is -2.02. The zero-order valence-electron chi connectivity index (χ0n) is 16.1. The number of aryl methyl sites for hydroxylation is 4. The summed E-state index contributed by atoms with van der Waals surface area (Å²) >= 11 is 0. The first-order valence-electron chi connectivity index (χ1n) is 10.2. The SMILES string of the molecule is c1ccc(-c2cc3ccc2CCc2ccc(c(-c4ccccc4)c2)CC3)cc1. The molecule has 136 valence electrons. The van der Waals surface area contributed by atoms with E-state index in [-0.39, 0.29) is 0 Å². The molecule has 0 aliphatic heterocycles. The summed E-state index contributed by atoms with van der Waals surface area (Å²) in [7, 11) is 0. The van der Waals surface area contributed by atoms with E-state index in [1.54, 1.807) is 0 Å². The molecule has 0 amide bonds. The number of hydrogen-bond acceptors (Lipinski definition) is 0. The lowest BCUT2D eigenvalue weighted by Gasteiger charge is -2.17. The van der Waals surface area contributed by atoms with Crippen molar-refractivity contribution in [1.29, 1.82) is 0 Å². The second-order valence-corrected chi connectivity index (χ2v) is 7.72. The smallest absolute Gasteiger partial charge is 0.0149 e. The highest BCUT2D eigenvalue weighted by atomic mass is 14.2. The van der Waals surface area contributed by atoms with E-state index in [1.165, 1.54) is 44.5 Å². The second kappa shape index (κ2) is 7.48. The van der Waals surface area contributed by atoms with Gasteiger partial charge in [-0.1, -0.05) is 97.1 Å². The molecule has 4 bridgehead atoms. The predicted molar refractivity (Wildman–Crippen MR) is 119 cm³/mol. The van der Waals surface area contributed by atoms with Gasteiger partial charge >= 0.3 is 0 Å². The van der Waals surface area contributed by atoms with E-state index in [9.17, 15) is 0 Å². The Morgan fingerprint density at radius 2 is 0.821 bits per heavy atom. The first kappa shape index (κ1) is 17.0. The minimum atomic E-state index is 1.07. The van der Waals surface area contributed by atoms with Gasteiger partial charge in [0.2, 0.25) is 0 Å². The Morgan fingerprint density at radius 1 is 0.393 bits per heavy atom. The molecule has 28 heavy (non-hydrogen) atoms. The fourth-order valence-electron chi connectivity index (χ4n) is 4.33. The van der Waals surface area contributed by atoms with Gasteiger partial charge in [0.15, 0.2) is 0 Å². The highest BCUT2D eigenvalue weighted by molar-refractivity contribution is 5.70. The third-order valence-corrected chi connectivity index (χ3v) is 5.88. The van der Waals surface area contributed by atoms with Crippen molar-refractivity contribution < 1.29 is 0 Å². The summed E-state index contributed by atoms with van der Waals surface area (Å²) in [5.74, 6) is 0. The quantitative estimate of drug-likeness (QED) is 0.364. The van der Waals surface area contributed by atoms with Crippen molar-refractivity contribution in [2.75, 3.05) is 0 Å². The summed E-state index contributed by atoms with van der Waals surface area (Å²) in [6, 6.07) is 35.9. The molecule has 8 rings (SSSR count). The maximum atomic E-state index is 2.42. The molecule has 4 aromatic carbocycles. The van der Waals surface area contributed by atoms with Crippen LogP contribution in [0.2, 0.25) is 0 Å². The van der Waals surface area contributed by atoms with Crippen LogP contribution in [0.1, 0.15) is 22.3 Å². The van der Waals surface area contributed by atoms with E-state index < -0.39 is 0 Å². The molecule has 4 aliphatic rings. The van der Waals surface area contributed by atoms with Gasteiger partial charge in [-0.15, -0.1) is 0 Å². The highest BCUT2D eigenvalue weighted by Crippen LogP contribution is 2.31. The van der Waals surface area contributed by atoms with Crippen molar-refractivity contribution >= 4 is 0 Å². The molecular formula is C28H24. The highest BCUT2D eigenvalue weighted by Gasteiger charge is 2.12. The minimum Gasteiger partial charge on any atom is -0.0622 e. The van der Waals surface area contributed by atoms with Gasteiger partial charge in [0, 0.05) is 0 Å². The maximum Gasteiger partial charge on any atom is -0.0149 e. The van der Waals surface area contributed by atoms with E-state index in [0.29, 0.717) is 0 Å². The van der Waals surface area contributed by atoms with Crippen molar-refractivity contribution in [1.82, 2.24) is 0 Å². The number of rotatable bonds is 2. The van der Waals surface area contributed by atoms with E-state index >= 15 is 0 Å². The van der Waals surface area contributed by atoms with E-state index in [4.69, 9.17) is 0 Å². The zero-order valence-corrected chi connectivity index (χ0v) is 16.1. The summed E-state index contributed by atoms with van der Waals surface area (Å²) < 4.78 is 0. The molecule has 0 saturated carbocycles. The Bertz CT molecular complexity index is 1000. The van der Waals surface area contributed by atoms with Crippen LogP contribution in [0.15, 0.2) is 97.1 Å². The van der Waals surface area contributed by atoms with E-state index in [2.05, 4.69) is 97.1 Å². The standard InChI is InChI=1S/C28H24/c1-3-7-23(8-4-1)27-19-21-11-15-25(27)17-13-22-12-16-26(18-14-21)28(20-22)24-9-5-2-6-10-24/h1-12,15-16,19-20H,13-14,17-18H2. The van der Waals surface area contributed by atoms with Gasteiger partial charge in [-0.3, -0.25) is 0 Å². The van der Waals surface area contributed by atoms with Gasteiger partial charge < -0.3 is 0 Å². The normalized spacial score (nSPS) is 13.1. The molecule has 0 fully saturated rings. The van der Waals surface area contributed by atoms with Gasteiger partial charge in [-0.05, 0) is 70.2 Å². The van der Waals surface area contributed by atoms with Gasteiger partial charge in [0.05, 0.1) is 0 Å². The van der Waals surface area contributed by atoms with Gasteiger partial charge in [0.1, 0.15) is 0 Å². The topological polar surface area (TPSA) is 0 Å². The summed E-state index contributed by atoms with van der Waals surface area (Å²) in [5.41, 5.74) is 11.2. The van der Waals surface area contributed by atoms with Crippen LogP contribution < -0.4 is 0 Å². The number of benzene rings is 4. The Labute approximate surface area is 167 Å². The third kappa shape index (κ3) is 3.39. The molecular weight excluding hydrogens is 336 g/mol. The number of hydrogen-bond donors (Lipinski definition) is 0. The van der Waals surface area contributed by atoms with Gasteiger partial charge in [-0.25, -0.2) is 0 Å². The molecule has 4 aromatic rings. The molecule has 0 heteroatoms. The van der Waals surface area contributed by atoms with Gasteiger partial charge in [-0.2, -0.15) is 0 Å². The average Bonchev–Trinajstić information content (AvgIpc) is 2.76. The van der Waals surface area contributed by atoms with Crippen LogP contribution in [-0.4, -0.2) is 0 Å². The Hall–Kier alpha value is -3.12. The molecule has 0 N–H and O–H groups in total. The lowest BCUT2D eigenvalue weighted by molar-refractivity contribution is 0.925. The maximum absolute atomic E-state index is 2.42. The molecule has 0 saturated heterocycles. The molecule has 0 heterocycles. The Morgan fingerprint density at radius 3 is 1.25 bits per heavy atom. The van der Waals surface area contributed by atoms with Crippen LogP contribution in [-0.2, 0) is 25.7 Å². The van der Waals surface area contributed by atoms with Crippen molar-refractivity contribution in [3.63, 3.8) is 0 Å². The summed E-state index contributed by atoms with van der Waals surface area (Å²) in [6.07, 6.45) is 4.27. The van der Waals surface area contributed by atoms with Crippen LogP contribution in [0, 0.1) is 0 Å². The molecule has 0 nitrogen and oxygen atoms in total. The Balaban J connectivity index is 1.57. The third-order valence-electron chi connectivity index (χ3n) is 5.88. The van der Waals surface area contributed by atoms with Crippen molar-refractivity contribution in [2.45, 2.75) is 25.7 Å². The Kier molecular flexibility index (Phi) is 4.54. The lowest BCUT2D eigenvalue weighted by atomic mass is 9.88. The molecule has 0 aromatic heterocycles. The first-order valence-corrected chi connectivity index (χ1v) is 10.2. The summed E-state index contributed by atoms with van der Waals surface area (Å²) in [6.45, 7) is 0. The summed E-state index contributed by atoms with van der Waals surface area (Å²) in [5, 5.41) is 0. The first-order chi connectivity index (χ1) is 13.9. The van der Waals surface area contributed by atoms with Crippen LogP contribution >= 0.6 is 0 Å². The molecule has 0 radical (unpaired) electrons. The fraction of sp³-hybridized carbons (Fsp3) is 0.143. The van der Waals surface area contributed by atoms with Crippen LogP contribution in [0.5, 0.6) is 0 Å². The van der Waals surface area contributed by atoms with E-state index in [0.717, 1.165) is 25.7 Å². The van der Waals surface area contributed by atoms with Crippen molar-refractivity contribution in [3.8, 4) is 22.3 Å². The largest absolute Gasteiger partial charge is 0.0622 e. The van der Waals surface area contributed by atoms with Crippen molar-refractivity contribution in [3.05, 3.63) is 119 Å². The average molecular weight is 361 g/mol. The second-order valence-electron chi connectivity index (χ2n) is 7.72. The van der Waals surface area contributed by atoms with Crippen molar-refractivity contribution in [2.24, 2.45) is 0 Å². The molecule has 0 unspecified atom stereocenters. The van der Waals surface area contributed by atoms with Crippen LogP contribution in [0.4, 0.5) is 0 Å². The van der Waals surface area contributed by atoms with Gasteiger partial charge in [0.25, 0.3) is 0 Å².